The molecule has 0 bridgehead atoms. The molecule has 4 heterocycles. The number of hydrogen-bond acceptors (Lipinski definition) is 10. The number of piperazine rings is 1. The fourth-order valence-corrected chi connectivity index (χ4v) is 6.80. The molecular formula is C33H44N6O6. The first-order valence-electron chi connectivity index (χ1n) is 15.9. The maximum atomic E-state index is 11.9. The molecular weight excluding hydrogens is 576 g/mol. The summed E-state index contributed by atoms with van der Waals surface area (Å²) in [4.78, 5) is 30.4. The highest BCUT2D eigenvalue weighted by atomic mass is 16.7. The first-order chi connectivity index (χ1) is 21.9. The Hall–Kier alpha value is -3.87. The zero-order valence-corrected chi connectivity index (χ0v) is 26.5. The first-order valence-corrected chi connectivity index (χ1v) is 15.9. The van der Waals surface area contributed by atoms with Crippen molar-refractivity contribution in [1.82, 2.24) is 19.8 Å². The van der Waals surface area contributed by atoms with Crippen LogP contribution in [0.2, 0.25) is 0 Å². The van der Waals surface area contributed by atoms with E-state index in [2.05, 4.69) is 39.0 Å². The Morgan fingerprint density at radius 1 is 1.02 bits per heavy atom. The number of morpholine rings is 1. The number of amides is 1. The summed E-state index contributed by atoms with van der Waals surface area (Å²) < 4.78 is 22.7. The number of carbonyl (C=O) groups is 1. The third-order valence-electron chi connectivity index (χ3n) is 8.91. The van der Waals surface area contributed by atoms with E-state index < -0.39 is 6.09 Å². The lowest BCUT2D eigenvalue weighted by Gasteiger charge is -2.44. The molecule has 2 atom stereocenters. The van der Waals surface area contributed by atoms with Crippen LogP contribution in [-0.4, -0.2) is 116 Å². The van der Waals surface area contributed by atoms with Gasteiger partial charge in [0.05, 0.1) is 44.1 Å². The van der Waals surface area contributed by atoms with E-state index >= 15 is 0 Å². The zero-order chi connectivity index (χ0) is 31.3. The van der Waals surface area contributed by atoms with E-state index in [0.717, 1.165) is 91.5 Å². The Morgan fingerprint density at radius 2 is 1.80 bits per heavy atom. The van der Waals surface area contributed by atoms with Crippen LogP contribution in [0.15, 0.2) is 36.4 Å². The summed E-state index contributed by atoms with van der Waals surface area (Å²) in [5.74, 6) is 1.61. The fraction of sp³-hybridized carbons (Fsp3) is 0.545. The highest BCUT2D eigenvalue weighted by Crippen LogP contribution is 2.37. The monoisotopic (exact) mass is 620 g/mol. The third kappa shape index (κ3) is 7.03. The van der Waals surface area contributed by atoms with E-state index in [1.807, 2.05) is 26.0 Å². The molecule has 0 radical (unpaired) electrons. The van der Waals surface area contributed by atoms with Gasteiger partial charge in [-0.2, -0.15) is 9.97 Å². The van der Waals surface area contributed by atoms with E-state index in [4.69, 9.17) is 28.9 Å². The predicted molar refractivity (Wildman–Crippen MR) is 172 cm³/mol. The summed E-state index contributed by atoms with van der Waals surface area (Å²) in [5, 5.41) is 12.0. The summed E-state index contributed by atoms with van der Waals surface area (Å²) in [6, 6.07) is 12.5. The lowest BCUT2D eigenvalue weighted by molar-refractivity contribution is 0.0356. The lowest BCUT2D eigenvalue weighted by Crippen LogP contribution is -2.58. The minimum Gasteiger partial charge on any atom is -0.467 e. The lowest BCUT2D eigenvalue weighted by atomic mass is 10.0. The van der Waals surface area contributed by atoms with Crippen LogP contribution in [0.3, 0.4) is 0 Å². The second-order valence-electron chi connectivity index (χ2n) is 12.1. The van der Waals surface area contributed by atoms with Gasteiger partial charge in [-0.25, -0.2) is 4.79 Å². The van der Waals surface area contributed by atoms with Gasteiger partial charge in [0.25, 0.3) is 0 Å². The molecule has 0 unspecified atom stereocenters. The van der Waals surface area contributed by atoms with Gasteiger partial charge in [0.15, 0.2) is 6.79 Å². The van der Waals surface area contributed by atoms with E-state index in [9.17, 15) is 9.90 Å². The molecule has 0 spiro atoms. The number of rotatable bonds is 10. The standard InChI is InChI=1S/C33H44N6O6/c1-23-19-38(20-24(2)39(23)33(40)41)31-28-9-11-37(30-18-26(45-22-42-3)17-25-7-4-5-8-27(25)30)21-29(28)34-32(35-31)44-14-6-10-36-12-15-43-16-13-36/h4-5,7-8,17-18,23-24H,6,9-16,19-22H2,1-3H3,(H,40,41)/t23-,24+. The molecule has 3 aromatic rings. The second-order valence-corrected chi connectivity index (χ2v) is 12.1. The molecule has 3 aliphatic heterocycles. The Balaban J connectivity index is 1.28. The van der Waals surface area contributed by atoms with Gasteiger partial charge in [-0.05, 0) is 38.1 Å². The number of carboxylic acid groups (broad SMARTS) is 1. The highest BCUT2D eigenvalue weighted by Gasteiger charge is 2.36. The van der Waals surface area contributed by atoms with E-state index in [1.54, 1.807) is 12.0 Å². The average molecular weight is 621 g/mol. The maximum Gasteiger partial charge on any atom is 0.407 e. The highest BCUT2D eigenvalue weighted by molar-refractivity contribution is 5.95. The SMILES string of the molecule is COCOc1cc(N2CCc3c(nc(OCCCN4CCOCC4)nc3N3C[C@@H](C)N(C(=O)O)[C@@H](C)C3)C2)c2ccccc2c1. The van der Waals surface area contributed by atoms with Gasteiger partial charge < -0.3 is 33.9 Å². The maximum absolute atomic E-state index is 11.9. The van der Waals surface area contributed by atoms with Crippen molar-refractivity contribution in [3.63, 3.8) is 0 Å². The largest absolute Gasteiger partial charge is 0.467 e. The molecule has 0 aliphatic carbocycles. The van der Waals surface area contributed by atoms with Crippen LogP contribution in [0.1, 0.15) is 31.5 Å². The van der Waals surface area contributed by atoms with Crippen molar-refractivity contribution in [3.8, 4) is 11.8 Å². The minimum absolute atomic E-state index is 0.170. The van der Waals surface area contributed by atoms with Crippen LogP contribution < -0.4 is 19.3 Å². The molecule has 12 heteroatoms. The number of benzene rings is 2. The van der Waals surface area contributed by atoms with E-state index in [1.165, 1.54) is 0 Å². The van der Waals surface area contributed by atoms with Crippen molar-refractivity contribution >= 4 is 28.4 Å². The van der Waals surface area contributed by atoms with Gasteiger partial charge >= 0.3 is 12.1 Å². The molecule has 6 rings (SSSR count). The van der Waals surface area contributed by atoms with Crippen molar-refractivity contribution in [2.24, 2.45) is 0 Å². The Bertz CT molecular complexity index is 1470. The van der Waals surface area contributed by atoms with Gasteiger partial charge in [-0.1, -0.05) is 24.3 Å². The molecule has 2 fully saturated rings. The Labute approximate surface area is 264 Å². The van der Waals surface area contributed by atoms with Gasteiger partial charge in [0, 0.05) is 69.1 Å². The van der Waals surface area contributed by atoms with Crippen molar-refractivity contribution in [2.45, 2.75) is 45.3 Å². The summed E-state index contributed by atoms with van der Waals surface area (Å²) in [7, 11) is 1.62. The molecule has 45 heavy (non-hydrogen) atoms. The van der Waals surface area contributed by atoms with Gasteiger partial charge in [-0.3, -0.25) is 9.80 Å². The number of fused-ring (bicyclic) bond motifs is 2. The summed E-state index contributed by atoms with van der Waals surface area (Å²) in [5.41, 5.74) is 3.11. The number of hydrogen-bond donors (Lipinski definition) is 1. The van der Waals surface area contributed by atoms with Gasteiger partial charge in [-0.15, -0.1) is 0 Å². The van der Waals surface area contributed by atoms with Crippen molar-refractivity contribution in [2.75, 3.05) is 82.8 Å². The number of anilines is 2. The average Bonchev–Trinajstić information content (AvgIpc) is 3.04. The second kappa shape index (κ2) is 14.1. The summed E-state index contributed by atoms with van der Waals surface area (Å²) >= 11 is 0. The third-order valence-corrected chi connectivity index (χ3v) is 8.91. The fourth-order valence-electron chi connectivity index (χ4n) is 6.80. The molecule has 242 valence electrons. The number of nitrogens with zero attached hydrogens (tertiary/aromatic N) is 6. The molecule has 2 saturated heterocycles. The van der Waals surface area contributed by atoms with Gasteiger partial charge in [0.1, 0.15) is 11.6 Å². The molecule has 1 aromatic heterocycles. The molecule has 2 aromatic carbocycles. The number of aromatic nitrogens is 2. The van der Waals surface area contributed by atoms with Crippen LogP contribution in [0.4, 0.5) is 16.3 Å². The smallest absolute Gasteiger partial charge is 0.407 e. The molecule has 1 N–H and O–H groups in total. The number of ether oxygens (including phenoxy) is 4. The van der Waals surface area contributed by atoms with Crippen molar-refractivity contribution in [3.05, 3.63) is 47.7 Å². The molecule has 0 saturated carbocycles. The summed E-state index contributed by atoms with van der Waals surface area (Å²) in [6.45, 7) is 11.5. The first kappa shape index (κ1) is 31.1. The summed E-state index contributed by atoms with van der Waals surface area (Å²) in [6.07, 6.45) is 0.734. The van der Waals surface area contributed by atoms with Crippen LogP contribution >= 0.6 is 0 Å². The van der Waals surface area contributed by atoms with Crippen molar-refractivity contribution < 1.29 is 28.8 Å². The Morgan fingerprint density at radius 3 is 2.56 bits per heavy atom. The van der Waals surface area contributed by atoms with Crippen molar-refractivity contribution in [1.29, 1.82) is 0 Å². The predicted octanol–water partition coefficient (Wildman–Crippen LogP) is 3.85. The van der Waals surface area contributed by atoms with Crippen LogP contribution in [0.5, 0.6) is 11.8 Å². The van der Waals surface area contributed by atoms with E-state index in [-0.39, 0.29) is 18.9 Å². The Kier molecular flexibility index (Phi) is 9.72. The molecule has 1 amide bonds. The van der Waals surface area contributed by atoms with Crippen LogP contribution in [0, 0.1) is 0 Å². The minimum atomic E-state index is -0.886. The van der Waals surface area contributed by atoms with Crippen LogP contribution in [0.25, 0.3) is 10.8 Å². The quantitative estimate of drug-likeness (QED) is 0.263. The molecule has 12 nitrogen and oxygen atoms in total. The van der Waals surface area contributed by atoms with Gasteiger partial charge in [0.2, 0.25) is 0 Å². The van der Waals surface area contributed by atoms with E-state index in [0.29, 0.717) is 32.3 Å². The number of methoxy groups -OCH3 is 1. The normalized spacial score (nSPS) is 20.7. The molecule has 3 aliphatic rings. The van der Waals surface area contributed by atoms with Crippen LogP contribution in [-0.2, 0) is 22.4 Å². The topological polar surface area (TPSA) is 113 Å². The zero-order valence-electron chi connectivity index (χ0n) is 26.5.